The van der Waals surface area contributed by atoms with E-state index < -0.39 is 11.7 Å². The number of likely N-dealkylation sites (N-methyl/N-ethyl adjacent to an activating group) is 1. The van der Waals surface area contributed by atoms with E-state index in [1.54, 1.807) is 21.9 Å². The van der Waals surface area contributed by atoms with Crippen molar-refractivity contribution in [1.82, 2.24) is 20.2 Å². The molecule has 40 heavy (non-hydrogen) atoms. The largest absolute Gasteiger partial charge is 0.444 e. The first-order valence-electron chi connectivity index (χ1n) is 13.6. The third-order valence-electron chi connectivity index (χ3n) is 6.74. The minimum Gasteiger partial charge on any atom is -0.444 e. The highest BCUT2D eigenvalue weighted by Crippen LogP contribution is 2.26. The van der Waals surface area contributed by atoms with Gasteiger partial charge in [-0.25, -0.2) is 9.80 Å². The predicted molar refractivity (Wildman–Crippen MR) is 161 cm³/mol. The second-order valence-corrected chi connectivity index (χ2v) is 12.3. The number of carbonyl (C=O) groups is 3. The fourth-order valence-corrected chi connectivity index (χ4v) is 4.86. The van der Waals surface area contributed by atoms with Gasteiger partial charge in [0, 0.05) is 49.4 Å². The van der Waals surface area contributed by atoms with Crippen molar-refractivity contribution in [3.05, 3.63) is 63.6 Å². The molecule has 1 aliphatic heterocycles. The van der Waals surface area contributed by atoms with Crippen molar-refractivity contribution in [2.45, 2.75) is 66.3 Å². The van der Waals surface area contributed by atoms with E-state index in [0.29, 0.717) is 19.6 Å². The van der Waals surface area contributed by atoms with Crippen LogP contribution in [0, 0.1) is 6.92 Å². The maximum atomic E-state index is 13.5. The van der Waals surface area contributed by atoms with Crippen molar-refractivity contribution in [2.24, 2.45) is 0 Å². The lowest BCUT2D eigenvalue weighted by molar-refractivity contribution is -0.145. The predicted octanol–water partition coefficient (Wildman–Crippen LogP) is 4.71. The maximum Gasteiger partial charge on any atom is 0.410 e. The summed E-state index contributed by atoms with van der Waals surface area (Å²) < 4.78 is 6.44. The number of benzene rings is 2. The van der Waals surface area contributed by atoms with Gasteiger partial charge in [-0.1, -0.05) is 46.3 Å². The van der Waals surface area contributed by atoms with Crippen molar-refractivity contribution < 1.29 is 19.1 Å². The number of nitrogens with zero attached hydrogens (tertiary/aromatic N) is 4. The van der Waals surface area contributed by atoms with Crippen LogP contribution >= 0.6 is 15.9 Å². The van der Waals surface area contributed by atoms with E-state index in [1.165, 1.54) is 11.1 Å². The molecule has 9 nitrogen and oxygen atoms in total. The first-order chi connectivity index (χ1) is 18.8. The number of hydrazine groups is 1. The molecule has 0 unspecified atom stereocenters. The minimum atomic E-state index is -0.623. The van der Waals surface area contributed by atoms with Crippen LogP contribution in [0.4, 0.5) is 10.5 Å². The normalized spacial score (nSPS) is 13.2. The molecular formula is C30H42BrN5O4. The zero-order valence-corrected chi connectivity index (χ0v) is 26.2. The van der Waals surface area contributed by atoms with E-state index in [0.717, 1.165) is 15.7 Å². The Hall–Kier alpha value is -2.95. The van der Waals surface area contributed by atoms with Gasteiger partial charge < -0.3 is 14.5 Å². The SMILES string of the molecule is Cc1ccc(Br)cc1N(CCN(C(=O)OC(C)(C)C)C(C)C)C(=O)CNCC(=O)N(C)N1Cc2ccccc2C1. The van der Waals surface area contributed by atoms with Gasteiger partial charge in [0.05, 0.1) is 13.1 Å². The second kappa shape index (κ2) is 13.6. The van der Waals surface area contributed by atoms with E-state index in [-0.39, 0.29) is 37.5 Å². The maximum absolute atomic E-state index is 13.5. The Bertz CT molecular complexity index is 1190. The first kappa shape index (κ1) is 31.6. The van der Waals surface area contributed by atoms with Gasteiger partial charge in [0.15, 0.2) is 0 Å². The lowest BCUT2D eigenvalue weighted by Gasteiger charge is -2.33. The molecule has 0 saturated carbocycles. The number of ether oxygens (including phenoxy) is 1. The second-order valence-electron chi connectivity index (χ2n) is 11.4. The standard InChI is InChI=1S/C30H42BrN5O4/c1-21(2)35(29(39)40-30(4,5)6)14-15-36(26-16-25(31)13-12-22(26)3)28(38)18-32-17-27(37)33(7)34-19-23-10-8-9-11-24(23)20-34/h8-13,16,21,32H,14-15,17-20H2,1-7H3. The fourth-order valence-electron chi connectivity index (χ4n) is 4.51. The summed E-state index contributed by atoms with van der Waals surface area (Å²) in [5.41, 5.74) is 3.48. The molecule has 218 valence electrons. The van der Waals surface area contributed by atoms with Crippen LogP contribution in [0.5, 0.6) is 0 Å². The van der Waals surface area contributed by atoms with Crippen molar-refractivity contribution in [2.75, 3.05) is 38.1 Å². The van der Waals surface area contributed by atoms with E-state index in [1.807, 2.05) is 76.9 Å². The molecule has 0 saturated heterocycles. The summed E-state index contributed by atoms with van der Waals surface area (Å²) in [6, 6.07) is 13.8. The number of hydrogen-bond donors (Lipinski definition) is 1. The molecule has 0 atom stereocenters. The lowest BCUT2D eigenvalue weighted by Crippen LogP contribution is -2.49. The van der Waals surface area contributed by atoms with Crippen molar-refractivity contribution in [3.63, 3.8) is 0 Å². The summed E-state index contributed by atoms with van der Waals surface area (Å²) in [4.78, 5) is 42.6. The van der Waals surface area contributed by atoms with Crippen LogP contribution in [-0.4, -0.2) is 77.7 Å². The quantitative estimate of drug-likeness (QED) is 0.416. The van der Waals surface area contributed by atoms with Crippen LogP contribution in [0.1, 0.15) is 51.3 Å². The topological polar surface area (TPSA) is 85.4 Å². The number of fused-ring (bicyclic) bond motifs is 1. The number of anilines is 1. The summed E-state index contributed by atoms with van der Waals surface area (Å²) in [6.07, 6.45) is -0.420. The van der Waals surface area contributed by atoms with Gasteiger partial charge in [0.1, 0.15) is 5.60 Å². The molecule has 2 aromatic carbocycles. The molecule has 1 aliphatic rings. The first-order valence-corrected chi connectivity index (χ1v) is 14.4. The molecule has 2 aromatic rings. The summed E-state index contributed by atoms with van der Waals surface area (Å²) in [6.45, 7) is 13.2. The van der Waals surface area contributed by atoms with E-state index in [4.69, 9.17) is 4.74 Å². The molecule has 3 rings (SSSR count). The van der Waals surface area contributed by atoms with Crippen LogP contribution in [0.2, 0.25) is 0 Å². The molecule has 0 spiro atoms. The number of nitrogens with one attached hydrogen (secondary N) is 1. The Morgan fingerprint density at radius 2 is 1.60 bits per heavy atom. The van der Waals surface area contributed by atoms with Gasteiger partial charge in [-0.05, 0) is 70.4 Å². The Balaban J connectivity index is 1.65. The van der Waals surface area contributed by atoms with Crippen LogP contribution < -0.4 is 10.2 Å². The van der Waals surface area contributed by atoms with Gasteiger partial charge in [0.25, 0.3) is 5.91 Å². The number of carbonyl (C=O) groups excluding carboxylic acids is 3. The van der Waals surface area contributed by atoms with E-state index in [9.17, 15) is 14.4 Å². The highest BCUT2D eigenvalue weighted by molar-refractivity contribution is 9.10. The highest BCUT2D eigenvalue weighted by atomic mass is 79.9. The Morgan fingerprint density at radius 1 is 1.00 bits per heavy atom. The van der Waals surface area contributed by atoms with Gasteiger partial charge in [-0.3, -0.25) is 19.9 Å². The third-order valence-corrected chi connectivity index (χ3v) is 7.23. The van der Waals surface area contributed by atoms with Crippen LogP contribution in [0.15, 0.2) is 46.9 Å². The smallest absolute Gasteiger partial charge is 0.410 e. The zero-order chi connectivity index (χ0) is 29.6. The molecule has 0 radical (unpaired) electrons. The Labute approximate surface area is 246 Å². The Kier molecular flexibility index (Phi) is 10.7. The molecule has 0 aliphatic carbocycles. The zero-order valence-electron chi connectivity index (χ0n) is 24.7. The van der Waals surface area contributed by atoms with Crippen LogP contribution in [0.25, 0.3) is 0 Å². The fraction of sp³-hybridized carbons (Fsp3) is 0.500. The van der Waals surface area contributed by atoms with E-state index >= 15 is 0 Å². The summed E-state index contributed by atoms with van der Waals surface area (Å²) in [7, 11) is 1.76. The third kappa shape index (κ3) is 8.52. The molecular weight excluding hydrogens is 574 g/mol. The van der Waals surface area contributed by atoms with Gasteiger partial charge in [-0.15, -0.1) is 0 Å². The van der Waals surface area contributed by atoms with Crippen molar-refractivity contribution >= 4 is 39.5 Å². The summed E-state index contributed by atoms with van der Waals surface area (Å²) >= 11 is 3.51. The minimum absolute atomic E-state index is 0.0242. The monoisotopic (exact) mass is 615 g/mol. The number of aryl methyl sites for hydroxylation is 1. The number of hydrogen-bond acceptors (Lipinski definition) is 6. The molecule has 1 N–H and O–H groups in total. The molecule has 10 heteroatoms. The van der Waals surface area contributed by atoms with Crippen molar-refractivity contribution in [1.29, 1.82) is 0 Å². The molecule has 1 heterocycles. The average molecular weight is 617 g/mol. The van der Waals surface area contributed by atoms with Crippen LogP contribution in [0.3, 0.4) is 0 Å². The molecule has 0 aromatic heterocycles. The van der Waals surface area contributed by atoms with Gasteiger partial charge >= 0.3 is 6.09 Å². The van der Waals surface area contributed by atoms with E-state index in [2.05, 4.69) is 33.4 Å². The average Bonchev–Trinajstić information content (AvgIpc) is 3.30. The highest BCUT2D eigenvalue weighted by Gasteiger charge is 2.27. The number of rotatable bonds is 10. The molecule has 0 fully saturated rings. The van der Waals surface area contributed by atoms with Crippen molar-refractivity contribution in [3.8, 4) is 0 Å². The number of halogens is 1. The molecule has 3 amide bonds. The summed E-state index contributed by atoms with van der Waals surface area (Å²) in [5.74, 6) is -0.320. The van der Waals surface area contributed by atoms with Gasteiger partial charge in [-0.2, -0.15) is 0 Å². The van der Waals surface area contributed by atoms with Crippen LogP contribution in [-0.2, 0) is 27.4 Å². The lowest BCUT2D eigenvalue weighted by atomic mass is 10.1. The van der Waals surface area contributed by atoms with Gasteiger partial charge in [0.2, 0.25) is 5.91 Å². The molecule has 0 bridgehead atoms. The summed E-state index contributed by atoms with van der Waals surface area (Å²) in [5, 5.41) is 6.64. The Morgan fingerprint density at radius 3 is 2.17 bits per heavy atom. The number of amides is 3.